The normalized spacial score (nSPS) is 11.7. The molecule has 0 fully saturated rings. The largest absolute Gasteiger partial charge is 0.396 e. The van der Waals surface area contributed by atoms with E-state index < -0.39 is 33.9 Å². The van der Waals surface area contributed by atoms with Gasteiger partial charge in [0.1, 0.15) is 33.8 Å². The molecule has 0 amide bonds. The topological polar surface area (TPSA) is 142 Å². The lowest BCUT2D eigenvalue weighted by molar-refractivity contribution is 0.0986. The average molecular weight is 814 g/mol. The van der Waals surface area contributed by atoms with E-state index >= 15 is 0 Å². The third kappa shape index (κ3) is 8.18. The molecule has 0 saturated carbocycles. The van der Waals surface area contributed by atoms with Gasteiger partial charge in [0.05, 0.1) is 32.8 Å². The number of nitrogens with zero attached hydrogens (tertiary/aromatic N) is 9. The Hall–Kier alpha value is -5.07. The Balaban J connectivity index is 0.000000187. The maximum absolute atomic E-state index is 14.2. The molecule has 7 rings (SSSR count). The van der Waals surface area contributed by atoms with Crippen LogP contribution >= 0.6 is 39.5 Å². The summed E-state index contributed by atoms with van der Waals surface area (Å²) in [6.45, 7) is 7.93. The smallest absolute Gasteiger partial charge is 0.185 e. The number of fused-ring (bicyclic) bond motifs is 2. The van der Waals surface area contributed by atoms with Gasteiger partial charge >= 0.3 is 0 Å². The van der Waals surface area contributed by atoms with Gasteiger partial charge < -0.3 is 5.73 Å². The molecular weight excluding hydrogens is 784 g/mol. The van der Waals surface area contributed by atoms with Gasteiger partial charge in [-0.3, -0.25) is 4.79 Å². The van der Waals surface area contributed by atoms with Crippen molar-refractivity contribution in [1.82, 2.24) is 44.6 Å². The number of thiazole rings is 1. The maximum atomic E-state index is 14.2. The minimum Gasteiger partial charge on any atom is -0.396 e. The number of Topliss-reactive ketones (excluding diaryl/α,β-unsaturated/α-hetero) is 1. The van der Waals surface area contributed by atoms with Gasteiger partial charge in [0, 0.05) is 29.5 Å². The van der Waals surface area contributed by atoms with E-state index in [4.69, 9.17) is 0 Å². The van der Waals surface area contributed by atoms with E-state index in [9.17, 15) is 22.4 Å². The van der Waals surface area contributed by atoms with Crippen molar-refractivity contribution in [1.29, 1.82) is 0 Å². The predicted octanol–water partition coefficient (Wildman–Crippen LogP) is 8.06. The van der Waals surface area contributed by atoms with Crippen molar-refractivity contribution in [2.75, 3.05) is 0 Å². The minimum absolute atomic E-state index is 0.0989. The van der Waals surface area contributed by atoms with Crippen LogP contribution in [0.1, 0.15) is 72.1 Å². The number of thiocarbonyl (C=S) groups is 1. The third-order valence-electron chi connectivity index (χ3n) is 7.30. The zero-order chi connectivity index (χ0) is 37.7. The third-order valence-corrected chi connectivity index (χ3v) is 9.03. The SMILES string of the molecule is CC(C)c1nnc2ccc(-c3scnc3-c3ccc(F)cc3F)nn12.CC(C)c1nnc2ccc(C(Br)C(=O)c3ccc(F)cc3F)nn12.NC=S. The number of halogens is 5. The molecule has 0 aliphatic heterocycles. The molecule has 0 aliphatic carbocycles. The molecule has 1 atom stereocenters. The number of carbonyl (C=O) groups excluding carboxylic acids is 1. The van der Waals surface area contributed by atoms with Crippen molar-refractivity contribution in [3.63, 3.8) is 0 Å². The van der Waals surface area contributed by atoms with Crippen LogP contribution in [0.4, 0.5) is 17.6 Å². The van der Waals surface area contributed by atoms with Crippen molar-refractivity contribution in [2.24, 2.45) is 5.73 Å². The lowest BCUT2D eigenvalue weighted by Gasteiger charge is -2.10. The molecule has 0 spiro atoms. The van der Waals surface area contributed by atoms with Crippen molar-refractivity contribution in [2.45, 2.75) is 44.4 Å². The van der Waals surface area contributed by atoms with Crippen LogP contribution < -0.4 is 5.73 Å². The highest BCUT2D eigenvalue weighted by molar-refractivity contribution is 9.09. The first-order valence-electron chi connectivity index (χ1n) is 15.5. The number of hydrogen-bond donors (Lipinski definition) is 1. The lowest BCUT2D eigenvalue weighted by Crippen LogP contribution is -2.13. The number of carbonyl (C=O) groups is 1. The predicted molar refractivity (Wildman–Crippen MR) is 196 cm³/mol. The van der Waals surface area contributed by atoms with E-state index in [-0.39, 0.29) is 23.0 Å². The summed E-state index contributed by atoms with van der Waals surface area (Å²) in [6, 6.07) is 13.2. The first-order valence-corrected chi connectivity index (χ1v) is 17.7. The molecule has 0 saturated heterocycles. The lowest BCUT2D eigenvalue weighted by atomic mass is 10.1. The molecule has 52 heavy (non-hydrogen) atoms. The summed E-state index contributed by atoms with van der Waals surface area (Å²) >= 11 is 8.64. The molecule has 7 aromatic rings. The Bertz CT molecular complexity index is 2380. The van der Waals surface area contributed by atoms with Gasteiger partial charge in [0.25, 0.3) is 0 Å². The standard InChI is InChI=1S/C17H13F2N5S.C16H13BrF2N4O.CH3NS/c1-9(2)17-22-21-14-6-5-13(23-24(14)17)16-15(20-8-25-16)11-4-3-10(18)7-12(11)19;1-8(2)16-21-20-13-6-5-12(22-23(13)16)14(17)15(24)10-4-3-9(18)7-11(10)19;2-1-3/h3-9H,1-2H3;3-8,14H,1-2H3;1H,(H2,2,3). The molecule has 11 nitrogen and oxygen atoms in total. The Morgan fingerprint density at radius 2 is 1.37 bits per heavy atom. The first kappa shape index (κ1) is 38.2. The fraction of sp³-hybridized carbons (Fsp3) is 0.206. The molecule has 1 unspecified atom stereocenters. The van der Waals surface area contributed by atoms with Crippen molar-refractivity contribution >= 4 is 62.1 Å². The van der Waals surface area contributed by atoms with E-state index in [1.165, 1.54) is 23.5 Å². The molecule has 0 aliphatic rings. The van der Waals surface area contributed by atoms with Crippen molar-refractivity contribution in [3.05, 3.63) is 112 Å². The Kier molecular flexibility index (Phi) is 12.1. The van der Waals surface area contributed by atoms with Crippen molar-refractivity contribution in [3.8, 4) is 21.8 Å². The van der Waals surface area contributed by atoms with Gasteiger partial charge in [-0.25, -0.2) is 22.5 Å². The van der Waals surface area contributed by atoms with E-state index in [2.05, 4.69) is 69.5 Å². The molecule has 2 N–H and O–H groups in total. The van der Waals surface area contributed by atoms with Gasteiger partial charge in [0.15, 0.2) is 28.7 Å². The van der Waals surface area contributed by atoms with Gasteiger partial charge in [-0.15, -0.1) is 31.7 Å². The highest BCUT2D eigenvalue weighted by Crippen LogP contribution is 2.35. The Morgan fingerprint density at radius 3 is 1.94 bits per heavy atom. The molecule has 18 heteroatoms. The first-order chi connectivity index (χ1) is 24.8. The Labute approximate surface area is 312 Å². The van der Waals surface area contributed by atoms with Crippen LogP contribution in [0.15, 0.2) is 66.2 Å². The summed E-state index contributed by atoms with van der Waals surface area (Å²) in [4.78, 5) is 16.6. The highest BCUT2D eigenvalue weighted by atomic mass is 79.9. The molecule has 0 radical (unpaired) electrons. The molecule has 5 heterocycles. The summed E-state index contributed by atoms with van der Waals surface area (Å²) in [5.41, 5.74) is 9.95. The van der Waals surface area contributed by atoms with Gasteiger partial charge in [-0.2, -0.15) is 19.2 Å². The number of alkyl halides is 1. The minimum atomic E-state index is -0.905. The van der Waals surface area contributed by atoms with Gasteiger partial charge in [0.2, 0.25) is 0 Å². The number of benzene rings is 2. The van der Waals surface area contributed by atoms with Crippen LogP contribution in [0.5, 0.6) is 0 Å². The second-order valence-electron chi connectivity index (χ2n) is 11.6. The Morgan fingerprint density at radius 1 is 0.808 bits per heavy atom. The summed E-state index contributed by atoms with van der Waals surface area (Å²) < 4.78 is 57.4. The molecule has 2 aromatic carbocycles. The van der Waals surface area contributed by atoms with Crippen LogP contribution in [0.25, 0.3) is 33.1 Å². The van der Waals surface area contributed by atoms with Crippen LogP contribution in [0.2, 0.25) is 0 Å². The molecular formula is C34H29BrF4N10OS2. The second-order valence-corrected chi connectivity index (χ2v) is 13.6. The summed E-state index contributed by atoms with van der Waals surface area (Å²) in [5, 5.41) is 25.3. The fourth-order valence-electron chi connectivity index (χ4n) is 4.86. The van der Waals surface area contributed by atoms with E-state index in [0.717, 1.165) is 29.5 Å². The molecule has 5 aromatic heterocycles. The van der Waals surface area contributed by atoms with Crippen LogP contribution in [0.3, 0.4) is 0 Å². The molecule has 0 bridgehead atoms. The monoisotopic (exact) mass is 812 g/mol. The van der Waals surface area contributed by atoms with E-state index in [1.807, 2.05) is 33.8 Å². The van der Waals surface area contributed by atoms with E-state index in [0.29, 0.717) is 45.1 Å². The number of hydrogen-bond acceptors (Lipinski definition) is 10. The van der Waals surface area contributed by atoms with E-state index in [1.54, 1.807) is 32.7 Å². The van der Waals surface area contributed by atoms with Crippen LogP contribution in [-0.4, -0.2) is 55.9 Å². The number of nitrogens with two attached hydrogens (primary N) is 1. The summed E-state index contributed by atoms with van der Waals surface area (Å²) in [5.74, 6) is -1.79. The summed E-state index contributed by atoms with van der Waals surface area (Å²) in [7, 11) is 0. The zero-order valence-electron chi connectivity index (χ0n) is 27.9. The average Bonchev–Trinajstić information content (AvgIpc) is 3.86. The summed E-state index contributed by atoms with van der Waals surface area (Å²) in [6.07, 6.45) is 0. The van der Waals surface area contributed by atoms with Crippen molar-refractivity contribution < 1.29 is 22.4 Å². The quantitative estimate of drug-likeness (QED) is 0.0727. The highest BCUT2D eigenvalue weighted by Gasteiger charge is 2.25. The van der Waals surface area contributed by atoms with Gasteiger partial charge in [-0.05, 0) is 48.5 Å². The fourth-order valence-corrected chi connectivity index (χ4v) is 6.12. The number of rotatable bonds is 7. The van der Waals surface area contributed by atoms with Gasteiger partial charge in [-0.1, -0.05) is 55.8 Å². The maximum Gasteiger partial charge on any atom is 0.185 e. The number of aromatic nitrogens is 9. The number of ketones is 1. The zero-order valence-corrected chi connectivity index (χ0v) is 31.1. The van der Waals surface area contributed by atoms with Crippen LogP contribution in [0, 0.1) is 23.3 Å². The van der Waals surface area contributed by atoms with Crippen LogP contribution in [-0.2, 0) is 0 Å². The molecule has 268 valence electrons. The second kappa shape index (κ2) is 16.5.